The van der Waals surface area contributed by atoms with Gasteiger partial charge in [-0.25, -0.2) is 4.98 Å². The average Bonchev–Trinajstić information content (AvgIpc) is 3.41. The highest BCUT2D eigenvalue weighted by Crippen LogP contribution is 2.49. The van der Waals surface area contributed by atoms with Gasteiger partial charge in [-0.3, -0.25) is 4.57 Å². The molecule has 0 spiro atoms. The second-order valence-electron chi connectivity index (χ2n) is 16.3. The zero-order valence-corrected chi connectivity index (χ0v) is 29.9. The van der Waals surface area contributed by atoms with Crippen LogP contribution < -0.4 is 5.32 Å². The van der Waals surface area contributed by atoms with Crippen molar-refractivity contribution >= 4 is 33.3 Å². The van der Waals surface area contributed by atoms with Crippen LogP contribution in [-0.4, -0.2) is 9.55 Å². The Bertz CT molecular complexity index is 2360. The highest BCUT2D eigenvalue weighted by molar-refractivity contribution is 6.07. The molecule has 3 heteroatoms. The average molecular weight is 640 g/mol. The lowest BCUT2D eigenvalue weighted by Crippen LogP contribution is -2.26. The van der Waals surface area contributed by atoms with Crippen molar-refractivity contribution < 1.29 is 0 Å². The molecular weight excluding hydrogens is 595 g/mol. The van der Waals surface area contributed by atoms with Crippen molar-refractivity contribution in [2.24, 2.45) is 0 Å². The molecule has 2 aromatic heterocycles. The van der Waals surface area contributed by atoms with Crippen molar-refractivity contribution in [2.75, 3.05) is 5.32 Å². The van der Waals surface area contributed by atoms with Gasteiger partial charge in [-0.05, 0) is 92.2 Å². The van der Waals surface area contributed by atoms with E-state index in [-0.39, 0.29) is 16.2 Å². The predicted octanol–water partition coefficient (Wildman–Crippen LogP) is 12.5. The van der Waals surface area contributed by atoms with E-state index in [1.54, 1.807) is 0 Å². The minimum atomic E-state index is -0.121. The molecule has 1 aliphatic heterocycles. The largest absolute Gasteiger partial charge is 0.355 e. The zero-order valence-electron chi connectivity index (χ0n) is 29.9. The summed E-state index contributed by atoms with van der Waals surface area (Å²) in [5.74, 6) is 0. The Morgan fingerprint density at radius 3 is 2.00 bits per heavy atom. The molecule has 0 saturated carbocycles. The number of hydrogen-bond acceptors (Lipinski definition) is 2. The van der Waals surface area contributed by atoms with Crippen LogP contribution in [0.4, 0.5) is 11.4 Å². The van der Waals surface area contributed by atoms with Gasteiger partial charge < -0.3 is 5.32 Å². The minimum Gasteiger partial charge on any atom is -0.355 e. The van der Waals surface area contributed by atoms with Gasteiger partial charge in [-0.2, -0.15) is 0 Å². The van der Waals surface area contributed by atoms with Gasteiger partial charge in [0.15, 0.2) is 0 Å². The predicted molar refractivity (Wildman–Crippen MR) is 209 cm³/mol. The Hall–Kier alpha value is -5.15. The quantitative estimate of drug-likeness (QED) is 0.208. The molecule has 1 aliphatic rings. The molecule has 0 saturated heterocycles. The first-order valence-corrected chi connectivity index (χ1v) is 17.5. The van der Waals surface area contributed by atoms with Crippen LogP contribution in [0, 0.1) is 0 Å². The monoisotopic (exact) mass is 639 g/mol. The Kier molecular flexibility index (Phi) is 6.95. The highest BCUT2D eigenvalue weighted by atomic mass is 15.0. The van der Waals surface area contributed by atoms with Gasteiger partial charge in [0.05, 0.1) is 11.2 Å². The Morgan fingerprint density at radius 2 is 1.22 bits per heavy atom. The van der Waals surface area contributed by atoms with Crippen LogP contribution in [-0.2, 0) is 16.2 Å². The standard InChI is InChI=1S/C46H45N3/c1-44(2,3)32-24-29(23-31(26-32)35-16-13-19-39-42(35)48-40-20-11-10-18-38(40)46(39,7)8)30-25-33(45(4,5)6)28-34(27-30)49-41-21-12-9-15-36(41)37-17-14-22-47-43(37)49/h9-28,48H,1-8H3. The molecule has 7 aromatic rings. The maximum absolute atomic E-state index is 4.91. The van der Waals surface area contributed by atoms with Gasteiger partial charge in [0.2, 0.25) is 0 Å². The summed E-state index contributed by atoms with van der Waals surface area (Å²) in [6.07, 6.45) is 1.90. The number of pyridine rings is 1. The number of aromatic nitrogens is 2. The molecule has 3 nitrogen and oxygen atoms in total. The van der Waals surface area contributed by atoms with Gasteiger partial charge in [0.1, 0.15) is 5.65 Å². The zero-order chi connectivity index (χ0) is 34.3. The molecule has 0 unspecified atom stereocenters. The number of fused-ring (bicyclic) bond motifs is 5. The molecule has 0 bridgehead atoms. The van der Waals surface area contributed by atoms with Crippen LogP contribution in [0.1, 0.15) is 77.6 Å². The van der Waals surface area contributed by atoms with Gasteiger partial charge >= 0.3 is 0 Å². The fourth-order valence-electron chi connectivity index (χ4n) is 7.65. The van der Waals surface area contributed by atoms with E-state index in [2.05, 4.69) is 174 Å². The van der Waals surface area contributed by atoms with Gasteiger partial charge in [0, 0.05) is 39.3 Å². The van der Waals surface area contributed by atoms with E-state index >= 15 is 0 Å². The molecule has 49 heavy (non-hydrogen) atoms. The fraction of sp³-hybridized carbons (Fsp3) is 0.239. The number of benzene rings is 5. The van der Waals surface area contributed by atoms with E-state index in [0.717, 1.165) is 11.3 Å². The van der Waals surface area contributed by atoms with Crippen molar-refractivity contribution in [3.63, 3.8) is 0 Å². The molecule has 244 valence electrons. The van der Waals surface area contributed by atoms with Crippen LogP contribution in [0.15, 0.2) is 121 Å². The maximum Gasteiger partial charge on any atom is 0.145 e. The first-order valence-electron chi connectivity index (χ1n) is 17.5. The first kappa shape index (κ1) is 31.1. The summed E-state index contributed by atoms with van der Waals surface area (Å²) < 4.78 is 2.34. The number of para-hydroxylation sites is 3. The molecule has 0 amide bonds. The van der Waals surface area contributed by atoms with Gasteiger partial charge in [0.25, 0.3) is 0 Å². The smallest absolute Gasteiger partial charge is 0.145 e. The van der Waals surface area contributed by atoms with Crippen LogP contribution in [0.3, 0.4) is 0 Å². The summed E-state index contributed by atoms with van der Waals surface area (Å²) >= 11 is 0. The van der Waals surface area contributed by atoms with Crippen LogP contribution in [0.25, 0.3) is 49.9 Å². The topological polar surface area (TPSA) is 29.9 Å². The summed E-state index contributed by atoms with van der Waals surface area (Å²) in [6, 6.07) is 42.7. The second kappa shape index (κ2) is 10.9. The lowest BCUT2D eigenvalue weighted by molar-refractivity contribution is 0.589. The minimum absolute atomic E-state index is 0.0415. The third kappa shape index (κ3) is 5.15. The lowest BCUT2D eigenvalue weighted by Gasteiger charge is -2.37. The summed E-state index contributed by atoms with van der Waals surface area (Å²) in [7, 11) is 0. The molecular formula is C46H45N3. The third-order valence-electron chi connectivity index (χ3n) is 10.5. The van der Waals surface area contributed by atoms with E-state index in [1.165, 1.54) is 72.2 Å². The van der Waals surface area contributed by atoms with E-state index < -0.39 is 0 Å². The van der Waals surface area contributed by atoms with Crippen molar-refractivity contribution in [3.8, 4) is 27.9 Å². The van der Waals surface area contributed by atoms with Gasteiger partial charge in [-0.1, -0.05) is 128 Å². The fourth-order valence-corrected chi connectivity index (χ4v) is 7.65. The maximum atomic E-state index is 4.91. The number of nitrogens with one attached hydrogen (secondary N) is 1. The van der Waals surface area contributed by atoms with Crippen LogP contribution >= 0.6 is 0 Å². The molecule has 5 aromatic carbocycles. The summed E-state index contributed by atoms with van der Waals surface area (Å²) in [4.78, 5) is 4.91. The van der Waals surface area contributed by atoms with Crippen molar-refractivity contribution in [1.82, 2.24) is 9.55 Å². The van der Waals surface area contributed by atoms with E-state index in [1.807, 2.05) is 12.3 Å². The van der Waals surface area contributed by atoms with E-state index in [4.69, 9.17) is 4.98 Å². The number of hydrogen-bond donors (Lipinski definition) is 1. The number of anilines is 2. The lowest BCUT2D eigenvalue weighted by atomic mass is 9.73. The van der Waals surface area contributed by atoms with E-state index in [0.29, 0.717) is 0 Å². The van der Waals surface area contributed by atoms with Crippen LogP contribution in [0.2, 0.25) is 0 Å². The summed E-state index contributed by atoms with van der Waals surface area (Å²) in [5.41, 5.74) is 15.6. The van der Waals surface area contributed by atoms with Crippen LogP contribution in [0.5, 0.6) is 0 Å². The second-order valence-corrected chi connectivity index (χ2v) is 16.3. The molecule has 1 N–H and O–H groups in total. The molecule has 8 rings (SSSR count). The molecule has 0 atom stereocenters. The van der Waals surface area contributed by atoms with Crippen molar-refractivity contribution in [3.05, 3.63) is 144 Å². The number of rotatable bonds is 3. The Labute approximate surface area is 290 Å². The molecule has 0 radical (unpaired) electrons. The van der Waals surface area contributed by atoms with Crippen molar-refractivity contribution in [1.29, 1.82) is 0 Å². The summed E-state index contributed by atoms with van der Waals surface area (Å²) in [6.45, 7) is 18.5. The van der Waals surface area contributed by atoms with E-state index in [9.17, 15) is 0 Å². The Morgan fingerprint density at radius 1 is 0.592 bits per heavy atom. The summed E-state index contributed by atoms with van der Waals surface area (Å²) in [5, 5.41) is 6.25. The number of nitrogens with zero attached hydrogens (tertiary/aromatic N) is 2. The first-order chi connectivity index (χ1) is 23.3. The Balaban J connectivity index is 1.38. The molecule has 0 aliphatic carbocycles. The highest BCUT2D eigenvalue weighted by Gasteiger charge is 2.34. The normalized spacial score (nSPS) is 14.0. The van der Waals surface area contributed by atoms with Crippen molar-refractivity contribution in [2.45, 2.75) is 71.6 Å². The molecule has 0 fully saturated rings. The molecule has 3 heterocycles. The third-order valence-corrected chi connectivity index (χ3v) is 10.5. The van der Waals surface area contributed by atoms with Gasteiger partial charge in [-0.15, -0.1) is 0 Å². The SMILES string of the molecule is CC(C)(C)c1cc(-c2cc(-n3c4ccccc4c4cccnc43)cc(C(C)(C)C)c2)cc(-c2cccc3c2Nc2ccccc2C3(C)C)c1.